The number of rotatable bonds is 4. The van der Waals surface area contributed by atoms with Crippen molar-refractivity contribution < 1.29 is 4.79 Å². The number of aromatic nitrogens is 4. The number of fused-ring (bicyclic) bond motifs is 1. The smallest absolute Gasteiger partial charge is 0.268 e. The van der Waals surface area contributed by atoms with Gasteiger partial charge in [-0.25, -0.2) is 9.99 Å². The Kier molecular flexibility index (Phi) is 4.40. The Labute approximate surface area is 155 Å². The number of hydrazine groups is 1. The second-order valence-electron chi connectivity index (χ2n) is 5.89. The average Bonchev–Trinajstić information content (AvgIpc) is 2.72. The minimum absolute atomic E-state index is 0.239. The lowest BCUT2D eigenvalue weighted by Crippen LogP contribution is -2.38. The van der Waals surface area contributed by atoms with Gasteiger partial charge in [0, 0.05) is 24.1 Å². The van der Waals surface area contributed by atoms with Crippen molar-refractivity contribution in [1.29, 1.82) is 0 Å². The van der Waals surface area contributed by atoms with Crippen LogP contribution in [-0.2, 0) is 4.79 Å². The zero-order valence-electron chi connectivity index (χ0n) is 14.6. The summed E-state index contributed by atoms with van der Waals surface area (Å²) in [5, 5.41) is 10.9. The number of pyridine rings is 1. The van der Waals surface area contributed by atoms with E-state index < -0.39 is 0 Å². The van der Waals surface area contributed by atoms with E-state index in [4.69, 9.17) is 0 Å². The molecule has 7 heteroatoms. The molecular weight excluding hydrogens is 340 g/mol. The van der Waals surface area contributed by atoms with Crippen molar-refractivity contribution in [3.05, 3.63) is 73.1 Å². The monoisotopic (exact) mass is 356 g/mol. The standard InChI is InChI=1S/C20H16N6O/c1-14(27)25-26(17-9-10-18-16(12-17)8-5-11-21-18)20-22-13-19(23-24-20)15-6-3-2-4-7-15/h2-13H,1H3,(H,25,27). The number of hydrogen-bond acceptors (Lipinski definition) is 6. The number of nitrogens with one attached hydrogen (secondary N) is 1. The Morgan fingerprint density at radius 1 is 0.963 bits per heavy atom. The maximum atomic E-state index is 11.7. The van der Waals surface area contributed by atoms with Crippen molar-refractivity contribution in [2.75, 3.05) is 5.01 Å². The van der Waals surface area contributed by atoms with Gasteiger partial charge < -0.3 is 0 Å². The molecule has 2 aromatic carbocycles. The van der Waals surface area contributed by atoms with Crippen LogP contribution in [0.1, 0.15) is 6.92 Å². The van der Waals surface area contributed by atoms with Crippen molar-refractivity contribution in [1.82, 2.24) is 25.6 Å². The number of amides is 1. The van der Waals surface area contributed by atoms with E-state index in [9.17, 15) is 4.79 Å². The Morgan fingerprint density at radius 2 is 1.81 bits per heavy atom. The molecule has 0 aliphatic heterocycles. The van der Waals surface area contributed by atoms with Crippen LogP contribution >= 0.6 is 0 Å². The molecule has 0 fully saturated rings. The first kappa shape index (κ1) is 16.6. The maximum absolute atomic E-state index is 11.7. The van der Waals surface area contributed by atoms with Gasteiger partial charge >= 0.3 is 0 Å². The molecule has 27 heavy (non-hydrogen) atoms. The van der Waals surface area contributed by atoms with Gasteiger partial charge in [0.05, 0.1) is 17.4 Å². The van der Waals surface area contributed by atoms with Gasteiger partial charge in [-0.05, 0) is 24.3 Å². The molecule has 0 radical (unpaired) electrons. The third-order valence-electron chi connectivity index (χ3n) is 3.93. The largest absolute Gasteiger partial charge is 0.274 e. The first-order valence-corrected chi connectivity index (χ1v) is 8.38. The molecule has 0 atom stereocenters. The molecule has 2 aromatic heterocycles. The van der Waals surface area contributed by atoms with Crippen molar-refractivity contribution >= 4 is 28.4 Å². The fourth-order valence-corrected chi connectivity index (χ4v) is 2.70. The Balaban J connectivity index is 1.72. The van der Waals surface area contributed by atoms with Crippen molar-refractivity contribution in [2.24, 2.45) is 0 Å². The third-order valence-corrected chi connectivity index (χ3v) is 3.93. The molecule has 0 saturated carbocycles. The normalized spacial score (nSPS) is 10.6. The predicted octanol–water partition coefficient (Wildman–Crippen LogP) is 3.28. The summed E-state index contributed by atoms with van der Waals surface area (Å²) in [5.74, 6) is 0.0325. The van der Waals surface area contributed by atoms with E-state index in [2.05, 4.69) is 25.6 Å². The molecule has 0 bridgehead atoms. The Morgan fingerprint density at radius 3 is 2.56 bits per heavy atom. The maximum Gasteiger partial charge on any atom is 0.268 e. The van der Waals surface area contributed by atoms with E-state index in [-0.39, 0.29) is 11.9 Å². The van der Waals surface area contributed by atoms with Crippen molar-refractivity contribution in [3.8, 4) is 11.3 Å². The van der Waals surface area contributed by atoms with Gasteiger partial charge in [-0.15, -0.1) is 10.2 Å². The third kappa shape index (κ3) is 3.57. The number of hydrogen-bond donors (Lipinski definition) is 1. The van der Waals surface area contributed by atoms with Crippen LogP contribution in [0, 0.1) is 0 Å². The number of carbonyl (C=O) groups is 1. The van der Waals surface area contributed by atoms with Crippen LogP contribution < -0.4 is 10.4 Å². The highest BCUT2D eigenvalue weighted by Gasteiger charge is 2.15. The van der Waals surface area contributed by atoms with Gasteiger partial charge in [-0.2, -0.15) is 0 Å². The topological polar surface area (TPSA) is 83.9 Å². The number of anilines is 2. The summed E-state index contributed by atoms with van der Waals surface area (Å²) < 4.78 is 0. The van der Waals surface area contributed by atoms with E-state index >= 15 is 0 Å². The fourth-order valence-electron chi connectivity index (χ4n) is 2.70. The summed E-state index contributed by atoms with van der Waals surface area (Å²) >= 11 is 0. The molecule has 132 valence electrons. The molecule has 4 aromatic rings. The van der Waals surface area contributed by atoms with Crippen LogP contribution in [0.2, 0.25) is 0 Å². The summed E-state index contributed by atoms with van der Waals surface area (Å²) in [4.78, 5) is 20.4. The van der Waals surface area contributed by atoms with Crippen LogP contribution in [0.25, 0.3) is 22.2 Å². The summed E-state index contributed by atoms with van der Waals surface area (Å²) in [6.07, 6.45) is 3.37. The van der Waals surface area contributed by atoms with Gasteiger partial charge in [0.1, 0.15) is 5.69 Å². The molecule has 4 rings (SSSR count). The number of nitrogens with zero attached hydrogens (tertiary/aromatic N) is 5. The molecule has 0 saturated heterocycles. The van der Waals surface area contributed by atoms with Gasteiger partial charge in [0.15, 0.2) is 0 Å². The second kappa shape index (κ2) is 7.17. The van der Waals surface area contributed by atoms with Crippen LogP contribution in [0.15, 0.2) is 73.1 Å². The fraction of sp³-hybridized carbons (Fsp3) is 0.0500. The Bertz CT molecular complexity index is 1080. The summed E-state index contributed by atoms with van der Waals surface area (Å²) in [6.45, 7) is 1.43. The second-order valence-corrected chi connectivity index (χ2v) is 5.89. The van der Waals surface area contributed by atoms with Gasteiger partial charge in [0.2, 0.25) is 5.91 Å². The molecule has 1 N–H and O–H groups in total. The molecule has 7 nitrogen and oxygen atoms in total. The number of carbonyl (C=O) groups excluding carboxylic acids is 1. The summed E-state index contributed by atoms with van der Waals surface area (Å²) in [5.41, 5.74) is 5.90. The van der Waals surface area contributed by atoms with Gasteiger partial charge in [-0.1, -0.05) is 36.4 Å². The van der Waals surface area contributed by atoms with Crippen LogP contribution in [0.5, 0.6) is 0 Å². The highest BCUT2D eigenvalue weighted by molar-refractivity contribution is 5.84. The summed E-state index contributed by atoms with van der Waals surface area (Å²) in [7, 11) is 0. The van der Waals surface area contributed by atoms with E-state index in [1.165, 1.54) is 11.9 Å². The quantitative estimate of drug-likeness (QED) is 0.565. The first-order valence-electron chi connectivity index (χ1n) is 8.38. The molecule has 0 aliphatic rings. The first-order chi connectivity index (χ1) is 13.2. The molecule has 1 amide bonds. The van der Waals surface area contributed by atoms with E-state index in [1.54, 1.807) is 12.4 Å². The Hall–Kier alpha value is -3.87. The van der Waals surface area contributed by atoms with E-state index in [0.29, 0.717) is 11.4 Å². The van der Waals surface area contributed by atoms with Crippen molar-refractivity contribution in [3.63, 3.8) is 0 Å². The molecule has 2 heterocycles. The highest BCUT2D eigenvalue weighted by Crippen LogP contribution is 2.24. The lowest BCUT2D eigenvalue weighted by Gasteiger charge is -2.22. The molecule has 0 aliphatic carbocycles. The van der Waals surface area contributed by atoms with Crippen molar-refractivity contribution in [2.45, 2.75) is 6.92 Å². The molecular formula is C20H16N6O. The SMILES string of the molecule is CC(=O)NN(c1ccc2ncccc2c1)c1ncc(-c2ccccc2)nn1. The van der Waals surface area contributed by atoms with Crippen LogP contribution in [-0.4, -0.2) is 26.1 Å². The minimum atomic E-state index is -0.239. The predicted molar refractivity (Wildman–Crippen MR) is 103 cm³/mol. The molecule has 0 unspecified atom stereocenters. The van der Waals surface area contributed by atoms with Crippen LogP contribution in [0.3, 0.4) is 0 Å². The lowest BCUT2D eigenvalue weighted by molar-refractivity contribution is -0.118. The van der Waals surface area contributed by atoms with E-state index in [1.807, 2.05) is 60.7 Å². The van der Waals surface area contributed by atoms with Gasteiger partial charge in [0.25, 0.3) is 5.95 Å². The van der Waals surface area contributed by atoms with Gasteiger partial charge in [-0.3, -0.25) is 15.2 Å². The highest BCUT2D eigenvalue weighted by atomic mass is 16.2. The lowest BCUT2D eigenvalue weighted by atomic mass is 10.2. The zero-order chi connectivity index (χ0) is 18.6. The summed E-state index contributed by atoms with van der Waals surface area (Å²) in [6, 6.07) is 19.1. The number of benzene rings is 2. The van der Waals surface area contributed by atoms with Crippen LogP contribution in [0.4, 0.5) is 11.6 Å². The van der Waals surface area contributed by atoms with E-state index in [0.717, 1.165) is 16.5 Å². The molecule has 0 spiro atoms. The zero-order valence-corrected chi connectivity index (χ0v) is 14.6. The average molecular weight is 356 g/mol. The minimum Gasteiger partial charge on any atom is -0.274 e.